The zero-order valence-electron chi connectivity index (χ0n) is 15.1. The van der Waals surface area contributed by atoms with E-state index >= 15 is 0 Å². The molecule has 0 fully saturated rings. The van der Waals surface area contributed by atoms with Crippen LogP contribution in [0.25, 0.3) is 22.3 Å². The first-order chi connectivity index (χ1) is 13.9. The molecule has 0 spiro atoms. The van der Waals surface area contributed by atoms with Crippen molar-refractivity contribution >= 4 is 16.7 Å². The van der Waals surface area contributed by atoms with Gasteiger partial charge in [0.15, 0.2) is 17.3 Å². The minimum absolute atomic E-state index is 0.106. The highest BCUT2D eigenvalue weighted by Crippen LogP contribution is 2.31. The standard InChI is InChI=1S/C22H18N4O2/c1-2-8-18-17(7-1)22(26-21(25-18)15-6-5-11-23-12-15)24-13-16-14-27-19-9-3-4-10-20(19)28-16/h1-12,16H,13-14H2,(H,24,25,26)/t16-/m0/s1. The molecule has 0 aliphatic carbocycles. The van der Waals surface area contributed by atoms with Crippen molar-refractivity contribution in [3.63, 3.8) is 0 Å². The zero-order chi connectivity index (χ0) is 18.8. The first kappa shape index (κ1) is 16.5. The number of nitrogens with one attached hydrogen (secondary N) is 1. The fourth-order valence-electron chi connectivity index (χ4n) is 3.21. The average molecular weight is 370 g/mol. The van der Waals surface area contributed by atoms with Gasteiger partial charge in [-0.25, -0.2) is 9.97 Å². The molecule has 0 bridgehead atoms. The third-order valence-electron chi connectivity index (χ3n) is 4.59. The molecule has 1 N–H and O–H groups in total. The van der Waals surface area contributed by atoms with Gasteiger partial charge in [-0.15, -0.1) is 0 Å². The van der Waals surface area contributed by atoms with Gasteiger partial charge < -0.3 is 14.8 Å². The minimum atomic E-state index is -0.106. The number of nitrogens with zero attached hydrogens (tertiary/aromatic N) is 3. The summed E-state index contributed by atoms with van der Waals surface area (Å²) in [4.78, 5) is 13.6. The Morgan fingerprint density at radius 2 is 1.79 bits per heavy atom. The third-order valence-corrected chi connectivity index (χ3v) is 4.59. The van der Waals surface area contributed by atoms with Crippen LogP contribution in [0.5, 0.6) is 11.5 Å². The van der Waals surface area contributed by atoms with E-state index in [0.717, 1.165) is 33.8 Å². The van der Waals surface area contributed by atoms with Crippen molar-refractivity contribution < 1.29 is 9.47 Å². The lowest BCUT2D eigenvalue weighted by molar-refractivity contribution is 0.0997. The lowest BCUT2D eigenvalue weighted by Crippen LogP contribution is -2.35. The molecule has 5 rings (SSSR count). The highest BCUT2D eigenvalue weighted by molar-refractivity contribution is 5.90. The van der Waals surface area contributed by atoms with Gasteiger partial charge in [-0.3, -0.25) is 4.98 Å². The summed E-state index contributed by atoms with van der Waals surface area (Å²) in [7, 11) is 0. The van der Waals surface area contributed by atoms with Gasteiger partial charge in [-0.1, -0.05) is 24.3 Å². The van der Waals surface area contributed by atoms with Crippen LogP contribution in [-0.2, 0) is 0 Å². The van der Waals surface area contributed by atoms with Crippen LogP contribution in [0.1, 0.15) is 0 Å². The number of para-hydroxylation sites is 3. The monoisotopic (exact) mass is 370 g/mol. The molecule has 6 heteroatoms. The predicted octanol–water partition coefficient (Wildman–Crippen LogP) is 3.94. The van der Waals surface area contributed by atoms with Gasteiger partial charge in [-0.05, 0) is 36.4 Å². The third kappa shape index (κ3) is 3.20. The van der Waals surface area contributed by atoms with Crippen molar-refractivity contribution in [1.29, 1.82) is 0 Å². The molecule has 0 radical (unpaired) electrons. The van der Waals surface area contributed by atoms with Gasteiger partial charge in [-0.2, -0.15) is 0 Å². The Bertz CT molecular complexity index is 1120. The highest BCUT2D eigenvalue weighted by atomic mass is 16.6. The summed E-state index contributed by atoms with van der Waals surface area (Å²) in [5, 5.41) is 4.39. The predicted molar refractivity (Wildman–Crippen MR) is 108 cm³/mol. The van der Waals surface area contributed by atoms with Crippen molar-refractivity contribution in [3.8, 4) is 22.9 Å². The van der Waals surface area contributed by atoms with Crippen LogP contribution >= 0.6 is 0 Å². The van der Waals surface area contributed by atoms with Crippen LogP contribution in [0.3, 0.4) is 0 Å². The van der Waals surface area contributed by atoms with Crippen molar-refractivity contribution in [3.05, 3.63) is 73.1 Å². The molecule has 6 nitrogen and oxygen atoms in total. The van der Waals surface area contributed by atoms with Crippen molar-refractivity contribution in [2.75, 3.05) is 18.5 Å². The second kappa shape index (κ2) is 7.15. The van der Waals surface area contributed by atoms with Gasteiger partial charge in [0.1, 0.15) is 18.5 Å². The van der Waals surface area contributed by atoms with E-state index in [1.165, 1.54) is 0 Å². The summed E-state index contributed by atoms with van der Waals surface area (Å²) in [6.45, 7) is 1.06. The Hall–Kier alpha value is -3.67. The molecule has 4 aromatic rings. The number of hydrogen-bond donors (Lipinski definition) is 1. The first-order valence-corrected chi connectivity index (χ1v) is 9.16. The van der Waals surface area contributed by atoms with Gasteiger partial charge in [0.25, 0.3) is 0 Å². The van der Waals surface area contributed by atoms with Crippen LogP contribution in [0.4, 0.5) is 5.82 Å². The van der Waals surface area contributed by atoms with Crippen LogP contribution in [0.15, 0.2) is 73.1 Å². The molecule has 0 saturated carbocycles. The Labute approximate surface area is 162 Å². The van der Waals surface area contributed by atoms with E-state index in [9.17, 15) is 0 Å². The molecule has 3 heterocycles. The van der Waals surface area contributed by atoms with E-state index in [2.05, 4.69) is 15.3 Å². The van der Waals surface area contributed by atoms with E-state index < -0.39 is 0 Å². The lowest BCUT2D eigenvalue weighted by Gasteiger charge is -2.26. The number of anilines is 1. The largest absolute Gasteiger partial charge is 0.486 e. The molecule has 1 aliphatic heterocycles. The fourth-order valence-corrected chi connectivity index (χ4v) is 3.21. The van der Waals surface area contributed by atoms with Crippen molar-refractivity contribution in [2.45, 2.75) is 6.10 Å². The summed E-state index contributed by atoms with van der Waals surface area (Å²) < 4.78 is 11.8. The van der Waals surface area contributed by atoms with Crippen molar-refractivity contribution in [1.82, 2.24) is 15.0 Å². The van der Waals surface area contributed by atoms with Crippen LogP contribution < -0.4 is 14.8 Å². The number of aromatic nitrogens is 3. The maximum absolute atomic E-state index is 6.04. The smallest absolute Gasteiger partial charge is 0.163 e. The van der Waals surface area contributed by atoms with Crippen LogP contribution in [-0.4, -0.2) is 34.2 Å². The first-order valence-electron chi connectivity index (χ1n) is 9.16. The maximum atomic E-state index is 6.04. The van der Waals surface area contributed by atoms with Gasteiger partial charge in [0, 0.05) is 23.3 Å². The SMILES string of the molecule is c1cncc(-c2nc(NC[C@H]3COc4ccccc4O3)c3ccccc3n2)c1. The molecule has 2 aromatic heterocycles. The molecule has 138 valence electrons. The number of ether oxygens (including phenoxy) is 2. The van der Waals surface area contributed by atoms with Gasteiger partial charge in [0.05, 0.1) is 12.1 Å². The lowest BCUT2D eigenvalue weighted by atomic mass is 10.2. The number of rotatable bonds is 4. The van der Waals surface area contributed by atoms with E-state index in [1.54, 1.807) is 12.4 Å². The topological polar surface area (TPSA) is 69.2 Å². The summed E-state index contributed by atoms with van der Waals surface area (Å²) >= 11 is 0. The highest BCUT2D eigenvalue weighted by Gasteiger charge is 2.21. The summed E-state index contributed by atoms with van der Waals surface area (Å²) in [5.41, 5.74) is 1.76. The molecule has 0 unspecified atom stereocenters. The van der Waals surface area contributed by atoms with E-state index in [4.69, 9.17) is 14.5 Å². The maximum Gasteiger partial charge on any atom is 0.163 e. The second-order valence-electron chi connectivity index (χ2n) is 6.53. The van der Waals surface area contributed by atoms with Gasteiger partial charge >= 0.3 is 0 Å². The number of fused-ring (bicyclic) bond motifs is 2. The Morgan fingerprint density at radius 3 is 2.68 bits per heavy atom. The summed E-state index contributed by atoms with van der Waals surface area (Å²) in [5.74, 6) is 2.96. The molecular formula is C22H18N4O2. The average Bonchev–Trinajstić information content (AvgIpc) is 2.77. The normalized spacial score (nSPS) is 15.4. The van der Waals surface area contributed by atoms with Gasteiger partial charge in [0.2, 0.25) is 0 Å². The van der Waals surface area contributed by atoms with E-state index in [-0.39, 0.29) is 6.10 Å². The Balaban J connectivity index is 1.42. The zero-order valence-corrected chi connectivity index (χ0v) is 15.1. The molecule has 2 aromatic carbocycles. The molecular weight excluding hydrogens is 352 g/mol. The summed E-state index contributed by atoms with van der Waals surface area (Å²) in [6, 6.07) is 19.5. The quantitative estimate of drug-likeness (QED) is 0.587. The van der Waals surface area contributed by atoms with E-state index in [0.29, 0.717) is 19.0 Å². The minimum Gasteiger partial charge on any atom is -0.486 e. The number of pyridine rings is 1. The molecule has 28 heavy (non-hydrogen) atoms. The van der Waals surface area contributed by atoms with E-state index in [1.807, 2.05) is 60.7 Å². The van der Waals surface area contributed by atoms with Crippen molar-refractivity contribution in [2.24, 2.45) is 0 Å². The molecule has 1 aliphatic rings. The number of benzene rings is 2. The fraction of sp³-hybridized carbons (Fsp3) is 0.136. The molecule has 0 saturated heterocycles. The van der Waals surface area contributed by atoms with Crippen LogP contribution in [0.2, 0.25) is 0 Å². The molecule has 0 amide bonds. The second-order valence-corrected chi connectivity index (χ2v) is 6.53. The molecule has 1 atom stereocenters. The Morgan fingerprint density at radius 1 is 0.929 bits per heavy atom. The number of hydrogen-bond acceptors (Lipinski definition) is 6. The van der Waals surface area contributed by atoms with Crippen LogP contribution in [0, 0.1) is 0 Å². The summed E-state index contributed by atoms with van der Waals surface area (Å²) in [6.07, 6.45) is 3.40. The Kier molecular flexibility index (Phi) is 4.21.